The monoisotopic (exact) mass is 323 g/mol. The van der Waals surface area contributed by atoms with Crippen molar-refractivity contribution < 1.29 is 9.90 Å². The van der Waals surface area contributed by atoms with E-state index in [4.69, 9.17) is 5.11 Å². The Balaban J connectivity index is 2.62. The molecule has 0 aliphatic rings. The Morgan fingerprint density at radius 1 is 1.73 bits per heavy atom. The van der Waals surface area contributed by atoms with Crippen molar-refractivity contribution >= 4 is 28.6 Å². The van der Waals surface area contributed by atoms with Crippen LogP contribution in [0.3, 0.4) is 0 Å². The Kier molecular flexibility index (Phi) is 4.52. The van der Waals surface area contributed by atoms with E-state index in [0.717, 1.165) is 3.57 Å². The molecule has 0 amide bonds. The molecule has 1 heterocycles. The normalized spacial score (nSPS) is 13.1. The van der Waals surface area contributed by atoms with E-state index in [1.54, 1.807) is 10.9 Å². The van der Waals surface area contributed by atoms with E-state index in [-0.39, 0.29) is 6.04 Å². The first-order valence-corrected chi connectivity index (χ1v) is 5.73. The summed E-state index contributed by atoms with van der Waals surface area (Å²) in [7, 11) is 0. The Morgan fingerprint density at radius 3 is 2.80 bits per heavy atom. The van der Waals surface area contributed by atoms with Crippen molar-refractivity contribution in [3.05, 3.63) is 16.0 Å². The maximum absolute atomic E-state index is 10.9. The van der Waals surface area contributed by atoms with Crippen LogP contribution in [0.25, 0.3) is 0 Å². The Morgan fingerprint density at radius 2 is 2.40 bits per heavy atom. The van der Waals surface area contributed by atoms with Crippen molar-refractivity contribution in [3.63, 3.8) is 0 Å². The summed E-state index contributed by atoms with van der Waals surface area (Å²) in [6, 6.07) is -0.457. The van der Waals surface area contributed by atoms with E-state index in [1.165, 1.54) is 0 Å². The minimum Gasteiger partial charge on any atom is -0.480 e. The highest BCUT2D eigenvalue weighted by atomic mass is 127. The van der Waals surface area contributed by atoms with E-state index >= 15 is 0 Å². The van der Waals surface area contributed by atoms with Gasteiger partial charge in [-0.25, -0.2) is 0 Å². The molecule has 0 saturated carbocycles. The number of aromatic nitrogens is 2. The topological polar surface area (TPSA) is 67.2 Å². The minimum atomic E-state index is -0.853. The van der Waals surface area contributed by atoms with Crippen LogP contribution >= 0.6 is 22.6 Å². The summed E-state index contributed by atoms with van der Waals surface area (Å²) in [6.45, 7) is 4.18. The van der Waals surface area contributed by atoms with Crippen LogP contribution in [-0.2, 0) is 11.3 Å². The number of nitrogens with zero attached hydrogens (tertiary/aromatic N) is 2. The number of rotatable bonds is 5. The Hall–Kier alpha value is -0.630. The maximum Gasteiger partial charge on any atom is 0.322 e. The lowest BCUT2D eigenvalue weighted by molar-refractivity contribution is -0.140. The molecule has 1 aromatic rings. The van der Waals surface area contributed by atoms with Crippen LogP contribution in [0.5, 0.6) is 0 Å². The van der Waals surface area contributed by atoms with Crippen molar-refractivity contribution in [1.82, 2.24) is 15.1 Å². The van der Waals surface area contributed by atoms with Crippen LogP contribution in [0.15, 0.2) is 12.4 Å². The maximum atomic E-state index is 10.9. The van der Waals surface area contributed by atoms with E-state index in [1.807, 2.05) is 20.0 Å². The fourth-order valence-electron chi connectivity index (χ4n) is 1.23. The molecule has 0 radical (unpaired) electrons. The number of hydrogen-bond acceptors (Lipinski definition) is 3. The highest BCUT2D eigenvalue weighted by molar-refractivity contribution is 14.1. The second-order valence-electron chi connectivity index (χ2n) is 3.59. The van der Waals surface area contributed by atoms with E-state index in [0.29, 0.717) is 6.54 Å². The molecule has 1 atom stereocenters. The van der Waals surface area contributed by atoms with Gasteiger partial charge < -0.3 is 10.4 Å². The van der Waals surface area contributed by atoms with Crippen molar-refractivity contribution in [3.8, 4) is 0 Å². The number of carboxylic acids is 1. The van der Waals surface area contributed by atoms with Crippen molar-refractivity contribution in [2.45, 2.75) is 32.5 Å². The van der Waals surface area contributed by atoms with Crippen LogP contribution in [0, 0.1) is 3.57 Å². The zero-order valence-electron chi connectivity index (χ0n) is 8.64. The number of nitrogens with one attached hydrogen (secondary N) is 1. The number of carboxylic acid groups (broad SMARTS) is 1. The number of aliphatic carboxylic acids is 1. The second-order valence-corrected chi connectivity index (χ2v) is 4.84. The predicted octanol–water partition coefficient (Wildman–Crippen LogP) is 0.939. The summed E-state index contributed by atoms with van der Waals surface area (Å²) in [6.07, 6.45) is 3.52. The van der Waals surface area contributed by atoms with Gasteiger partial charge in [-0.05, 0) is 22.6 Å². The van der Waals surface area contributed by atoms with Crippen molar-refractivity contribution in [1.29, 1.82) is 0 Å². The van der Waals surface area contributed by atoms with Gasteiger partial charge in [-0.15, -0.1) is 0 Å². The number of halogens is 1. The van der Waals surface area contributed by atoms with Gasteiger partial charge in [0.1, 0.15) is 6.04 Å². The molecule has 1 rings (SSSR count). The van der Waals surface area contributed by atoms with Crippen LogP contribution in [0.1, 0.15) is 13.8 Å². The first kappa shape index (κ1) is 12.4. The van der Waals surface area contributed by atoms with Gasteiger partial charge in [0.05, 0.1) is 16.3 Å². The lowest BCUT2D eigenvalue weighted by atomic mass is 10.2. The second kappa shape index (κ2) is 5.45. The molecule has 0 aliphatic heterocycles. The highest BCUT2D eigenvalue weighted by Crippen LogP contribution is 2.02. The zero-order valence-corrected chi connectivity index (χ0v) is 10.8. The summed E-state index contributed by atoms with van der Waals surface area (Å²) < 4.78 is 2.64. The van der Waals surface area contributed by atoms with Crippen LogP contribution in [0.2, 0.25) is 0 Å². The van der Waals surface area contributed by atoms with Crippen molar-refractivity contribution in [2.24, 2.45) is 0 Å². The lowest BCUT2D eigenvalue weighted by Crippen LogP contribution is -2.43. The summed E-state index contributed by atoms with van der Waals surface area (Å²) in [5.41, 5.74) is 0. The summed E-state index contributed by atoms with van der Waals surface area (Å²) >= 11 is 2.14. The van der Waals surface area contributed by atoms with Crippen LogP contribution in [-0.4, -0.2) is 32.9 Å². The molecule has 5 nitrogen and oxygen atoms in total. The first-order chi connectivity index (χ1) is 6.99. The quantitative estimate of drug-likeness (QED) is 0.792. The molecule has 0 aromatic carbocycles. The van der Waals surface area contributed by atoms with Gasteiger partial charge in [0, 0.05) is 12.2 Å². The van der Waals surface area contributed by atoms with Gasteiger partial charge in [0.15, 0.2) is 0 Å². The summed E-state index contributed by atoms with van der Waals surface area (Å²) in [5.74, 6) is -0.853. The Labute approximate surface area is 102 Å². The molecule has 0 saturated heterocycles. The molecule has 0 aliphatic carbocycles. The molecule has 84 valence electrons. The number of hydrogen-bond donors (Lipinski definition) is 2. The third kappa shape index (κ3) is 4.17. The highest BCUT2D eigenvalue weighted by Gasteiger charge is 2.18. The fourth-order valence-corrected chi connectivity index (χ4v) is 1.68. The molecule has 0 fully saturated rings. The van der Waals surface area contributed by atoms with Crippen LogP contribution in [0.4, 0.5) is 0 Å². The average molecular weight is 323 g/mol. The average Bonchev–Trinajstić information content (AvgIpc) is 2.49. The Bertz CT molecular complexity index is 338. The molecular formula is C9H14IN3O2. The number of carbonyl (C=O) groups is 1. The molecule has 1 aromatic heterocycles. The van der Waals surface area contributed by atoms with Gasteiger partial charge in [-0.1, -0.05) is 13.8 Å². The van der Waals surface area contributed by atoms with E-state index in [2.05, 4.69) is 33.0 Å². The third-order valence-electron chi connectivity index (χ3n) is 1.80. The van der Waals surface area contributed by atoms with Gasteiger partial charge >= 0.3 is 5.97 Å². The summed E-state index contributed by atoms with van der Waals surface area (Å²) in [4.78, 5) is 10.9. The zero-order chi connectivity index (χ0) is 11.4. The van der Waals surface area contributed by atoms with E-state index < -0.39 is 12.0 Å². The van der Waals surface area contributed by atoms with E-state index in [9.17, 15) is 4.79 Å². The predicted molar refractivity (Wildman–Crippen MR) is 64.6 cm³/mol. The minimum absolute atomic E-state index is 0.140. The molecule has 2 N–H and O–H groups in total. The summed E-state index contributed by atoms with van der Waals surface area (Å²) in [5, 5.41) is 16.0. The molecule has 1 unspecified atom stereocenters. The first-order valence-electron chi connectivity index (χ1n) is 4.66. The van der Waals surface area contributed by atoms with Gasteiger partial charge in [-0.3, -0.25) is 9.48 Å². The fraction of sp³-hybridized carbons (Fsp3) is 0.556. The van der Waals surface area contributed by atoms with Gasteiger partial charge in [-0.2, -0.15) is 5.10 Å². The largest absolute Gasteiger partial charge is 0.480 e. The SMILES string of the molecule is CC(C)NC(Cn1cc(I)cn1)C(=O)O. The standard InChI is InChI=1S/C9H14IN3O2/c1-6(2)12-8(9(14)15)5-13-4-7(10)3-11-13/h3-4,6,8,12H,5H2,1-2H3,(H,14,15). The van der Waals surface area contributed by atoms with Gasteiger partial charge in [0.2, 0.25) is 0 Å². The van der Waals surface area contributed by atoms with Crippen LogP contribution < -0.4 is 5.32 Å². The van der Waals surface area contributed by atoms with Crippen molar-refractivity contribution in [2.75, 3.05) is 0 Å². The molecule has 0 bridgehead atoms. The molecule has 6 heteroatoms. The van der Waals surface area contributed by atoms with Gasteiger partial charge in [0.25, 0.3) is 0 Å². The molecule has 0 spiro atoms. The molecular weight excluding hydrogens is 309 g/mol. The third-order valence-corrected chi connectivity index (χ3v) is 2.36. The smallest absolute Gasteiger partial charge is 0.322 e. The lowest BCUT2D eigenvalue weighted by Gasteiger charge is -2.16. The molecule has 15 heavy (non-hydrogen) atoms.